The molecule has 2 aromatic rings. The van der Waals surface area contributed by atoms with Crippen LogP contribution in [0.2, 0.25) is 0 Å². The molecule has 0 N–H and O–H groups in total. The molecule has 2 aromatic heterocycles. The van der Waals surface area contributed by atoms with Crippen molar-refractivity contribution in [2.45, 2.75) is 33.1 Å². The fraction of sp³-hybridized carbons (Fsp3) is 0.438. The molecule has 0 fully saturated rings. The summed E-state index contributed by atoms with van der Waals surface area (Å²) in [7, 11) is 1.33. The van der Waals surface area contributed by atoms with Crippen LogP contribution in [0.3, 0.4) is 0 Å². The van der Waals surface area contributed by atoms with Gasteiger partial charge >= 0.3 is 5.97 Å². The van der Waals surface area contributed by atoms with Gasteiger partial charge in [-0.15, -0.1) is 0 Å². The molecule has 1 unspecified atom stereocenters. The number of esters is 1. The molecule has 5 nitrogen and oxygen atoms in total. The summed E-state index contributed by atoms with van der Waals surface area (Å²) in [5, 5.41) is 4.49. The number of carbonyl (C=O) groups is 2. The number of Topliss-reactive ketones (excluding diaryl/α,β-unsaturated/α-hetero) is 1. The monoisotopic (exact) mass is 288 g/mol. The Kier molecular flexibility index (Phi) is 4.40. The quantitative estimate of drug-likeness (QED) is 0.627. The number of fused-ring (bicyclic) bond motifs is 1. The predicted molar refractivity (Wildman–Crippen MR) is 79.4 cm³/mol. The van der Waals surface area contributed by atoms with E-state index in [9.17, 15) is 9.59 Å². The Morgan fingerprint density at radius 3 is 2.62 bits per heavy atom. The highest BCUT2D eigenvalue weighted by Gasteiger charge is 2.26. The number of rotatable bonds is 5. The van der Waals surface area contributed by atoms with E-state index in [0.717, 1.165) is 11.2 Å². The molecule has 0 spiro atoms. The lowest BCUT2D eigenvalue weighted by molar-refractivity contribution is -0.141. The van der Waals surface area contributed by atoms with Crippen LogP contribution < -0.4 is 0 Å². The Balaban J connectivity index is 2.46. The molecule has 0 aliphatic heterocycles. The predicted octanol–water partition coefficient (Wildman–Crippen LogP) is 2.84. The highest BCUT2D eigenvalue weighted by molar-refractivity contribution is 6.05. The first-order valence-corrected chi connectivity index (χ1v) is 7.04. The highest BCUT2D eigenvalue weighted by atomic mass is 16.5. The Morgan fingerprint density at radius 1 is 1.29 bits per heavy atom. The molecule has 0 saturated carbocycles. The lowest BCUT2D eigenvalue weighted by atomic mass is 9.92. The van der Waals surface area contributed by atoms with Crippen LogP contribution >= 0.6 is 0 Å². The van der Waals surface area contributed by atoms with Crippen molar-refractivity contribution < 1.29 is 14.3 Å². The van der Waals surface area contributed by atoms with Crippen molar-refractivity contribution in [3.63, 3.8) is 0 Å². The zero-order chi connectivity index (χ0) is 15.6. The minimum absolute atomic E-state index is 0.0645. The van der Waals surface area contributed by atoms with Gasteiger partial charge in [0.05, 0.1) is 30.3 Å². The minimum Gasteiger partial charge on any atom is -0.469 e. The van der Waals surface area contributed by atoms with Crippen LogP contribution in [0, 0.1) is 5.92 Å². The molecule has 0 aliphatic carbocycles. The standard InChI is InChI=1S/C16H20N2O3/c1-10(2)15-14(12-7-5-6-8-18(12)17-15)16(20)11(3)9-13(19)21-4/h5-8,10-11H,9H2,1-4H3. The second kappa shape index (κ2) is 6.08. The lowest BCUT2D eigenvalue weighted by Gasteiger charge is -2.10. The van der Waals surface area contributed by atoms with Crippen molar-refractivity contribution in [3.8, 4) is 0 Å². The van der Waals surface area contributed by atoms with Gasteiger partial charge in [-0.1, -0.05) is 26.8 Å². The SMILES string of the molecule is COC(=O)CC(C)C(=O)c1c(C(C)C)nn2ccccc12. The molecule has 5 heteroatoms. The fourth-order valence-corrected chi connectivity index (χ4v) is 2.35. The Bertz CT molecular complexity index is 673. The highest BCUT2D eigenvalue weighted by Crippen LogP contribution is 2.26. The van der Waals surface area contributed by atoms with Gasteiger partial charge in [0.1, 0.15) is 0 Å². The number of hydrogen-bond acceptors (Lipinski definition) is 4. The van der Waals surface area contributed by atoms with Crippen LogP contribution in [0.5, 0.6) is 0 Å². The number of aromatic nitrogens is 2. The molecule has 2 heterocycles. The summed E-state index contributed by atoms with van der Waals surface area (Å²) in [6, 6.07) is 5.62. The van der Waals surface area contributed by atoms with E-state index in [4.69, 9.17) is 0 Å². The molecule has 0 amide bonds. The zero-order valence-electron chi connectivity index (χ0n) is 12.8. The fourth-order valence-electron chi connectivity index (χ4n) is 2.35. The van der Waals surface area contributed by atoms with Gasteiger partial charge in [-0.05, 0) is 18.1 Å². The Labute approximate surface area is 123 Å². The minimum atomic E-state index is -0.428. The smallest absolute Gasteiger partial charge is 0.306 e. The number of ketones is 1. The van der Waals surface area contributed by atoms with Crippen LogP contribution in [0.25, 0.3) is 5.52 Å². The summed E-state index contributed by atoms with van der Waals surface area (Å²) in [5.41, 5.74) is 2.16. The Morgan fingerprint density at radius 2 is 2.00 bits per heavy atom. The molecule has 0 bridgehead atoms. The van der Waals surface area contributed by atoms with Gasteiger partial charge in [0.25, 0.3) is 0 Å². The number of pyridine rings is 1. The van der Waals surface area contributed by atoms with Gasteiger partial charge in [0.2, 0.25) is 0 Å². The molecule has 21 heavy (non-hydrogen) atoms. The first kappa shape index (κ1) is 15.2. The van der Waals surface area contributed by atoms with Gasteiger partial charge in [-0.3, -0.25) is 9.59 Å². The number of carbonyl (C=O) groups excluding carboxylic acids is 2. The molecule has 0 radical (unpaired) electrons. The molecular weight excluding hydrogens is 268 g/mol. The summed E-state index contributed by atoms with van der Waals surface area (Å²) in [4.78, 5) is 24.1. The van der Waals surface area contributed by atoms with Gasteiger partial charge < -0.3 is 4.74 Å². The maximum atomic E-state index is 12.7. The molecule has 2 rings (SSSR count). The van der Waals surface area contributed by atoms with E-state index in [1.165, 1.54) is 7.11 Å². The number of ether oxygens (including phenoxy) is 1. The molecule has 0 aromatic carbocycles. The van der Waals surface area contributed by atoms with E-state index >= 15 is 0 Å². The van der Waals surface area contributed by atoms with E-state index < -0.39 is 5.92 Å². The normalized spacial score (nSPS) is 12.6. The third-order valence-corrected chi connectivity index (χ3v) is 3.51. The van der Waals surface area contributed by atoms with E-state index in [2.05, 4.69) is 9.84 Å². The van der Waals surface area contributed by atoms with Gasteiger partial charge in [0, 0.05) is 12.1 Å². The zero-order valence-corrected chi connectivity index (χ0v) is 12.8. The van der Waals surface area contributed by atoms with Gasteiger partial charge in [-0.25, -0.2) is 4.52 Å². The molecule has 112 valence electrons. The van der Waals surface area contributed by atoms with Gasteiger partial charge in [-0.2, -0.15) is 5.10 Å². The van der Waals surface area contributed by atoms with E-state index in [1.54, 1.807) is 11.4 Å². The molecular formula is C16H20N2O3. The first-order valence-electron chi connectivity index (χ1n) is 7.04. The second-order valence-electron chi connectivity index (χ2n) is 5.49. The molecule has 1 atom stereocenters. The lowest BCUT2D eigenvalue weighted by Crippen LogP contribution is -2.18. The summed E-state index contributed by atoms with van der Waals surface area (Å²) in [5.74, 6) is -0.735. The van der Waals surface area contributed by atoms with Crippen LogP contribution in [0.15, 0.2) is 24.4 Å². The largest absolute Gasteiger partial charge is 0.469 e. The molecule has 0 saturated heterocycles. The summed E-state index contributed by atoms with van der Waals surface area (Å²) >= 11 is 0. The summed E-state index contributed by atoms with van der Waals surface area (Å²) < 4.78 is 6.36. The van der Waals surface area contributed by atoms with Crippen LogP contribution in [0.4, 0.5) is 0 Å². The van der Waals surface area contributed by atoms with Crippen molar-refractivity contribution in [2.24, 2.45) is 5.92 Å². The number of hydrogen-bond donors (Lipinski definition) is 0. The van der Waals surface area contributed by atoms with Crippen molar-refractivity contribution in [1.82, 2.24) is 9.61 Å². The van der Waals surface area contributed by atoms with Crippen LogP contribution in [0.1, 0.15) is 49.2 Å². The van der Waals surface area contributed by atoms with Crippen LogP contribution in [-0.2, 0) is 9.53 Å². The first-order chi connectivity index (χ1) is 9.95. The second-order valence-corrected chi connectivity index (χ2v) is 5.49. The van der Waals surface area contributed by atoms with Crippen molar-refractivity contribution in [3.05, 3.63) is 35.7 Å². The van der Waals surface area contributed by atoms with Gasteiger partial charge in [0.15, 0.2) is 5.78 Å². The number of methoxy groups -OCH3 is 1. The maximum absolute atomic E-state index is 12.7. The average Bonchev–Trinajstić information content (AvgIpc) is 2.85. The van der Waals surface area contributed by atoms with Crippen molar-refractivity contribution in [2.75, 3.05) is 7.11 Å². The van der Waals surface area contributed by atoms with Crippen molar-refractivity contribution in [1.29, 1.82) is 0 Å². The van der Waals surface area contributed by atoms with E-state index in [-0.39, 0.29) is 24.1 Å². The van der Waals surface area contributed by atoms with Crippen molar-refractivity contribution >= 4 is 17.3 Å². The average molecular weight is 288 g/mol. The third-order valence-electron chi connectivity index (χ3n) is 3.51. The third kappa shape index (κ3) is 2.96. The Hall–Kier alpha value is -2.17. The topological polar surface area (TPSA) is 60.7 Å². The van der Waals surface area contributed by atoms with E-state index in [1.807, 2.05) is 38.2 Å². The number of nitrogens with zero attached hydrogens (tertiary/aromatic N) is 2. The summed E-state index contributed by atoms with van der Waals surface area (Å²) in [6.45, 7) is 5.75. The van der Waals surface area contributed by atoms with Crippen LogP contribution in [-0.4, -0.2) is 28.5 Å². The summed E-state index contributed by atoms with van der Waals surface area (Å²) in [6.07, 6.45) is 1.90. The maximum Gasteiger partial charge on any atom is 0.306 e. The molecule has 0 aliphatic rings. The van der Waals surface area contributed by atoms with E-state index in [0.29, 0.717) is 5.56 Å².